The molecule has 1 aliphatic carbocycles. The molecule has 1 saturated carbocycles. The van der Waals surface area contributed by atoms with E-state index in [1.807, 2.05) is 0 Å². The van der Waals surface area contributed by atoms with Crippen LogP contribution in [0.15, 0.2) is 17.0 Å². The molecule has 2 unspecified atom stereocenters. The minimum Gasteiger partial charge on any atom is -0.399 e. The van der Waals surface area contributed by atoms with E-state index in [9.17, 15) is 17.9 Å². The van der Waals surface area contributed by atoms with Crippen molar-refractivity contribution >= 4 is 15.7 Å². The topological polar surface area (TPSA) is 92.4 Å². The minimum atomic E-state index is -3.83. The molecular weight excluding hydrogens is 283 g/mol. The zero-order chi connectivity index (χ0) is 14.9. The van der Waals surface area contributed by atoms with Gasteiger partial charge in [0, 0.05) is 17.8 Å². The first-order valence-electron chi connectivity index (χ1n) is 6.54. The summed E-state index contributed by atoms with van der Waals surface area (Å²) >= 11 is 0. The van der Waals surface area contributed by atoms with Crippen LogP contribution < -0.4 is 10.5 Å². The molecule has 1 aromatic rings. The predicted octanol–water partition coefficient (Wildman–Crippen LogP) is 1.16. The van der Waals surface area contributed by atoms with E-state index in [1.54, 1.807) is 0 Å². The van der Waals surface area contributed by atoms with Crippen molar-refractivity contribution < 1.29 is 17.9 Å². The summed E-state index contributed by atoms with van der Waals surface area (Å²) in [5.41, 5.74) is 5.60. The lowest BCUT2D eigenvalue weighted by Crippen LogP contribution is -2.33. The lowest BCUT2D eigenvalue weighted by molar-refractivity contribution is 0.134. The average molecular weight is 302 g/mol. The van der Waals surface area contributed by atoms with Crippen molar-refractivity contribution in [2.45, 2.75) is 37.2 Å². The summed E-state index contributed by atoms with van der Waals surface area (Å²) in [7, 11) is -3.83. The molecule has 0 bridgehead atoms. The molecule has 1 aromatic carbocycles. The fraction of sp³-hybridized carbons (Fsp3) is 0.538. The highest BCUT2D eigenvalue weighted by Gasteiger charge is 2.27. The van der Waals surface area contributed by atoms with Crippen LogP contribution in [0.2, 0.25) is 0 Å². The van der Waals surface area contributed by atoms with Gasteiger partial charge in [0.25, 0.3) is 0 Å². The van der Waals surface area contributed by atoms with Crippen molar-refractivity contribution in [3.63, 3.8) is 0 Å². The van der Waals surface area contributed by atoms with E-state index in [1.165, 1.54) is 13.0 Å². The molecule has 20 heavy (non-hydrogen) atoms. The van der Waals surface area contributed by atoms with Crippen molar-refractivity contribution in [1.29, 1.82) is 0 Å². The zero-order valence-electron chi connectivity index (χ0n) is 11.3. The Morgan fingerprint density at radius 3 is 2.75 bits per heavy atom. The fourth-order valence-corrected chi connectivity index (χ4v) is 3.88. The maximum absolute atomic E-state index is 13.6. The van der Waals surface area contributed by atoms with E-state index in [0.717, 1.165) is 18.9 Å². The van der Waals surface area contributed by atoms with E-state index in [4.69, 9.17) is 5.73 Å². The third-order valence-electron chi connectivity index (χ3n) is 3.76. The number of hydrogen-bond acceptors (Lipinski definition) is 4. The van der Waals surface area contributed by atoms with Crippen molar-refractivity contribution in [3.8, 4) is 0 Å². The SMILES string of the molecule is Cc1c(F)cc(N)cc1S(=O)(=O)NCC1CCCC1O. The van der Waals surface area contributed by atoms with E-state index >= 15 is 0 Å². The molecule has 0 spiro atoms. The highest BCUT2D eigenvalue weighted by Crippen LogP contribution is 2.26. The summed E-state index contributed by atoms with van der Waals surface area (Å²) in [5, 5.41) is 9.68. The molecule has 2 rings (SSSR count). The van der Waals surface area contributed by atoms with Crippen molar-refractivity contribution in [3.05, 3.63) is 23.5 Å². The molecule has 112 valence electrons. The number of halogens is 1. The molecule has 0 amide bonds. The van der Waals surface area contributed by atoms with Gasteiger partial charge >= 0.3 is 0 Å². The van der Waals surface area contributed by atoms with Gasteiger partial charge in [-0.3, -0.25) is 0 Å². The lowest BCUT2D eigenvalue weighted by atomic mass is 10.1. The van der Waals surface area contributed by atoms with Crippen LogP contribution in [0, 0.1) is 18.7 Å². The Balaban J connectivity index is 2.18. The molecule has 0 radical (unpaired) electrons. The largest absolute Gasteiger partial charge is 0.399 e. The van der Waals surface area contributed by atoms with Gasteiger partial charge in [-0.2, -0.15) is 0 Å². The number of hydrogen-bond donors (Lipinski definition) is 3. The molecule has 7 heteroatoms. The van der Waals surface area contributed by atoms with E-state index < -0.39 is 21.9 Å². The van der Waals surface area contributed by atoms with Gasteiger partial charge in [0.2, 0.25) is 10.0 Å². The van der Waals surface area contributed by atoms with Crippen molar-refractivity contribution in [2.75, 3.05) is 12.3 Å². The summed E-state index contributed by atoms with van der Waals surface area (Å²) in [6.45, 7) is 1.55. The highest BCUT2D eigenvalue weighted by molar-refractivity contribution is 7.89. The number of nitrogens with two attached hydrogens (primary N) is 1. The summed E-state index contributed by atoms with van der Waals surface area (Å²) in [5.74, 6) is -0.734. The Morgan fingerprint density at radius 1 is 1.45 bits per heavy atom. The van der Waals surface area contributed by atoms with Gasteiger partial charge in [-0.15, -0.1) is 0 Å². The first-order valence-corrected chi connectivity index (χ1v) is 8.03. The van der Waals surface area contributed by atoms with Crippen molar-refractivity contribution in [2.24, 2.45) is 5.92 Å². The number of benzene rings is 1. The molecule has 0 aliphatic heterocycles. The summed E-state index contributed by atoms with van der Waals surface area (Å²) < 4.78 is 40.4. The van der Waals surface area contributed by atoms with E-state index in [0.29, 0.717) is 6.42 Å². The molecule has 5 nitrogen and oxygen atoms in total. The standard InChI is InChI=1S/C13H19FN2O3S/c1-8-11(14)5-10(15)6-13(8)20(18,19)16-7-9-3-2-4-12(9)17/h5-6,9,12,16-17H,2-4,7,15H2,1H3. The van der Waals surface area contributed by atoms with Gasteiger partial charge in [0.15, 0.2) is 0 Å². The molecule has 1 fully saturated rings. The van der Waals surface area contributed by atoms with Gasteiger partial charge in [-0.25, -0.2) is 17.5 Å². The molecular formula is C13H19FN2O3S. The average Bonchev–Trinajstić information content (AvgIpc) is 2.77. The molecule has 1 aliphatic rings. The second-order valence-corrected chi connectivity index (χ2v) is 6.97. The van der Waals surface area contributed by atoms with Crippen LogP contribution in [-0.4, -0.2) is 26.2 Å². The number of nitrogen functional groups attached to an aromatic ring is 1. The maximum Gasteiger partial charge on any atom is 0.241 e. The number of anilines is 1. The Kier molecular flexibility index (Phi) is 4.31. The number of sulfonamides is 1. The van der Waals surface area contributed by atoms with Crippen LogP contribution in [-0.2, 0) is 10.0 Å². The number of nitrogens with one attached hydrogen (secondary N) is 1. The van der Waals surface area contributed by atoms with Crippen LogP contribution in [0.3, 0.4) is 0 Å². The third-order valence-corrected chi connectivity index (χ3v) is 5.31. The summed E-state index contributed by atoms with van der Waals surface area (Å²) in [6.07, 6.45) is 1.89. The highest BCUT2D eigenvalue weighted by atomic mass is 32.2. The quantitative estimate of drug-likeness (QED) is 0.728. The number of aliphatic hydroxyl groups excluding tert-OH is 1. The molecule has 4 N–H and O–H groups in total. The Hall–Kier alpha value is -1.18. The van der Waals surface area contributed by atoms with Gasteiger partial charge < -0.3 is 10.8 Å². The van der Waals surface area contributed by atoms with E-state index in [-0.39, 0.29) is 28.6 Å². The smallest absolute Gasteiger partial charge is 0.241 e. The van der Waals surface area contributed by atoms with Crippen molar-refractivity contribution in [1.82, 2.24) is 4.72 Å². The monoisotopic (exact) mass is 302 g/mol. The predicted molar refractivity (Wildman–Crippen MR) is 74.1 cm³/mol. The summed E-state index contributed by atoms with van der Waals surface area (Å²) in [6, 6.07) is 2.33. The second-order valence-electron chi connectivity index (χ2n) is 5.24. The summed E-state index contributed by atoms with van der Waals surface area (Å²) in [4.78, 5) is -0.150. The number of rotatable bonds is 4. The first kappa shape index (κ1) is 15.2. The van der Waals surface area contributed by atoms with Crippen LogP contribution in [0.5, 0.6) is 0 Å². The van der Waals surface area contributed by atoms with Crippen LogP contribution in [0.1, 0.15) is 24.8 Å². The minimum absolute atomic E-state index is 0.0404. The van der Waals surface area contributed by atoms with Gasteiger partial charge in [0.1, 0.15) is 5.82 Å². The van der Waals surface area contributed by atoms with Crippen LogP contribution in [0.4, 0.5) is 10.1 Å². The first-order chi connectivity index (χ1) is 9.31. The normalized spacial score (nSPS) is 23.1. The van der Waals surface area contributed by atoms with Gasteiger partial charge in [-0.1, -0.05) is 6.42 Å². The molecule has 0 aromatic heterocycles. The molecule has 2 atom stereocenters. The Morgan fingerprint density at radius 2 is 2.15 bits per heavy atom. The Labute approximate surface area is 118 Å². The molecule has 0 heterocycles. The lowest BCUT2D eigenvalue weighted by Gasteiger charge is -2.16. The van der Waals surface area contributed by atoms with E-state index in [2.05, 4.69) is 4.72 Å². The van der Waals surface area contributed by atoms with Gasteiger partial charge in [-0.05, 0) is 37.8 Å². The van der Waals surface area contributed by atoms with Crippen LogP contribution >= 0.6 is 0 Å². The molecule has 0 saturated heterocycles. The van der Waals surface area contributed by atoms with Gasteiger partial charge in [0.05, 0.1) is 11.0 Å². The fourth-order valence-electron chi connectivity index (χ4n) is 2.50. The second kappa shape index (κ2) is 5.67. The van der Waals surface area contributed by atoms with Crippen LogP contribution in [0.25, 0.3) is 0 Å². The maximum atomic E-state index is 13.6. The Bertz CT molecular complexity index is 604. The number of aliphatic hydroxyl groups is 1. The zero-order valence-corrected chi connectivity index (χ0v) is 12.1. The third kappa shape index (κ3) is 3.11.